The number of aromatic nitrogens is 1. The van der Waals surface area contributed by atoms with Crippen molar-refractivity contribution in [2.45, 2.75) is 19.9 Å². The van der Waals surface area contributed by atoms with E-state index in [9.17, 15) is 9.18 Å². The number of nitrogens with one attached hydrogen (secondary N) is 1. The van der Waals surface area contributed by atoms with E-state index in [1.54, 1.807) is 4.90 Å². The van der Waals surface area contributed by atoms with Crippen LogP contribution in [0.4, 0.5) is 10.2 Å². The fraction of sp³-hybridized carbons (Fsp3) is 0.571. The maximum absolute atomic E-state index is 13.6. The second-order valence-electron chi connectivity index (χ2n) is 5.14. The van der Waals surface area contributed by atoms with Crippen molar-refractivity contribution < 1.29 is 13.9 Å². The molecule has 0 aliphatic carbocycles. The van der Waals surface area contributed by atoms with Crippen molar-refractivity contribution in [1.29, 1.82) is 0 Å². The number of pyridine rings is 1. The zero-order valence-corrected chi connectivity index (χ0v) is 11.8. The van der Waals surface area contributed by atoms with Crippen LogP contribution in [0, 0.1) is 11.7 Å². The van der Waals surface area contributed by atoms with E-state index in [0.717, 1.165) is 0 Å². The van der Waals surface area contributed by atoms with Gasteiger partial charge in [0, 0.05) is 19.3 Å². The van der Waals surface area contributed by atoms with E-state index >= 15 is 0 Å². The Balaban J connectivity index is 2.10. The van der Waals surface area contributed by atoms with Gasteiger partial charge in [-0.05, 0) is 18.1 Å². The molecule has 2 heterocycles. The Morgan fingerprint density at radius 3 is 2.75 bits per heavy atom. The Morgan fingerprint density at radius 2 is 2.15 bits per heavy atom. The number of carbonyl (C=O) groups excluding carboxylic acids is 1. The molecule has 1 amide bonds. The lowest BCUT2D eigenvalue weighted by molar-refractivity contribution is -0.137. The molecule has 110 valence electrons. The largest absolute Gasteiger partial charge is 0.378 e. The van der Waals surface area contributed by atoms with Crippen molar-refractivity contribution in [2.75, 3.05) is 31.6 Å². The van der Waals surface area contributed by atoms with Crippen LogP contribution in [0.25, 0.3) is 0 Å². The fourth-order valence-corrected chi connectivity index (χ4v) is 2.13. The average molecular weight is 281 g/mol. The summed E-state index contributed by atoms with van der Waals surface area (Å²) in [7, 11) is 0. The molecule has 1 fully saturated rings. The molecule has 0 bridgehead atoms. The van der Waals surface area contributed by atoms with Gasteiger partial charge in [-0.15, -0.1) is 0 Å². The summed E-state index contributed by atoms with van der Waals surface area (Å²) in [5.74, 6) is -0.333. The van der Waals surface area contributed by atoms with Crippen molar-refractivity contribution in [3.8, 4) is 0 Å². The molecule has 1 aromatic heterocycles. The molecule has 5 nitrogen and oxygen atoms in total. The first-order valence-electron chi connectivity index (χ1n) is 6.83. The van der Waals surface area contributed by atoms with Crippen LogP contribution in [0.15, 0.2) is 18.3 Å². The predicted octanol–water partition coefficient (Wildman–Crippen LogP) is 1.52. The highest BCUT2D eigenvalue weighted by molar-refractivity contribution is 5.84. The molecule has 0 aromatic carbocycles. The van der Waals surface area contributed by atoms with Gasteiger partial charge >= 0.3 is 0 Å². The van der Waals surface area contributed by atoms with E-state index in [-0.39, 0.29) is 17.6 Å². The molecule has 0 unspecified atom stereocenters. The molecule has 1 aromatic rings. The second kappa shape index (κ2) is 6.65. The lowest BCUT2D eigenvalue weighted by Gasteiger charge is -2.32. The van der Waals surface area contributed by atoms with Gasteiger partial charge in [0.1, 0.15) is 6.04 Å². The fourth-order valence-electron chi connectivity index (χ4n) is 2.13. The standard InChI is InChI=1S/C14H20FN3O2/c1-10(2)12(14(19)18-6-8-20-9-7-18)17-13-11(15)4-3-5-16-13/h3-5,10,12H,6-9H2,1-2H3,(H,16,17)/t12-/m0/s1. The highest BCUT2D eigenvalue weighted by Crippen LogP contribution is 2.16. The van der Waals surface area contributed by atoms with E-state index in [0.29, 0.717) is 26.3 Å². The van der Waals surface area contributed by atoms with Crippen LogP contribution in [0.2, 0.25) is 0 Å². The van der Waals surface area contributed by atoms with Crippen LogP contribution in [-0.2, 0) is 9.53 Å². The van der Waals surface area contributed by atoms with Gasteiger partial charge in [0.25, 0.3) is 0 Å². The Kier molecular flexibility index (Phi) is 4.89. The number of nitrogens with zero attached hydrogens (tertiary/aromatic N) is 2. The molecular formula is C14H20FN3O2. The molecule has 2 rings (SSSR count). The Labute approximate surface area is 118 Å². The normalized spacial score (nSPS) is 17.1. The second-order valence-corrected chi connectivity index (χ2v) is 5.14. The number of ether oxygens (including phenoxy) is 1. The van der Waals surface area contributed by atoms with Gasteiger partial charge in [-0.3, -0.25) is 4.79 Å². The number of anilines is 1. The molecule has 20 heavy (non-hydrogen) atoms. The van der Waals surface area contributed by atoms with Gasteiger partial charge < -0.3 is 15.0 Å². The molecule has 1 N–H and O–H groups in total. The van der Waals surface area contributed by atoms with E-state index < -0.39 is 11.9 Å². The van der Waals surface area contributed by atoms with E-state index in [1.165, 1.54) is 18.3 Å². The van der Waals surface area contributed by atoms with Crippen molar-refractivity contribution in [1.82, 2.24) is 9.88 Å². The first-order chi connectivity index (χ1) is 9.59. The summed E-state index contributed by atoms with van der Waals surface area (Å²) in [6.45, 7) is 6.11. The summed E-state index contributed by atoms with van der Waals surface area (Å²) >= 11 is 0. The molecular weight excluding hydrogens is 261 g/mol. The molecule has 1 aliphatic rings. The van der Waals surface area contributed by atoms with Crippen molar-refractivity contribution in [3.63, 3.8) is 0 Å². The summed E-state index contributed by atoms with van der Waals surface area (Å²) < 4.78 is 18.9. The third kappa shape index (κ3) is 3.45. The highest BCUT2D eigenvalue weighted by atomic mass is 19.1. The number of halogens is 1. The minimum atomic E-state index is -0.488. The van der Waals surface area contributed by atoms with E-state index in [4.69, 9.17) is 4.74 Å². The van der Waals surface area contributed by atoms with Gasteiger partial charge in [-0.1, -0.05) is 13.8 Å². The number of hydrogen-bond donors (Lipinski definition) is 1. The van der Waals surface area contributed by atoms with Gasteiger partial charge in [-0.25, -0.2) is 9.37 Å². The summed E-state index contributed by atoms with van der Waals surface area (Å²) in [5, 5.41) is 2.93. The molecule has 6 heteroatoms. The molecule has 1 saturated heterocycles. The number of morpholine rings is 1. The van der Waals surface area contributed by atoms with Crippen LogP contribution >= 0.6 is 0 Å². The zero-order chi connectivity index (χ0) is 14.5. The average Bonchev–Trinajstić information content (AvgIpc) is 2.46. The lowest BCUT2D eigenvalue weighted by atomic mass is 10.0. The minimum absolute atomic E-state index is 0.0339. The summed E-state index contributed by atoms with van der Waals surface area (Å²) in [6.07, 6.45) is 1.50. The van der Waals surface area contributed by atoms with Crippen LogP contribution in [-0.4, -0.2) is 48.1 Å². The predicted molar refractivity (Wildman–Crippen MR) is 73.8 cm³/mol. The summed E-state index contributed by atoms with van der Waals surface area (Å²) in [6, 6.07) is 2.36. The van der Waals surface area contributed by atoms with Crippen LogP contribution in [0.1, 0.15) is 13.8 Å². The highest BCUT2D eigenvalue weighted by Gasteiger charge is 2.29. The topological polar surface area (TPSA) is 54.5 Å². The molecule has 0 spiro atoms. The summed E-state index contributed by atoms with van der Waals surface area (Å²) in [4.78, 5) is 18.2. The van der Waals surface area contributed by atoms with Gasteiger partial charge in [-0.2, -0.15) is 0 Å². The first kappa shape index (κ1) is 14.7. The maximum Gasteiger partial charge on any atom is 0.245 e. The third-order valence-corrected chi connectivity index (χ3v) is 3.31. The van der Waals surface area contributed by atoms with Crippen molar-refractivity contribution in [2.24, 2.45) is 5.92 Å². The Morgan fingerprint density at radius 1 is 1.45 bits per heavy atom. The van der Waals surface area contributed by atoms with Gasteiger partial charge in [0.2, 0.25) is 5.91 Å². The van der Waals surface area contributed by atoms with Gasteiger partial charge in [0.05, 0.1) is 13.2 Å². The minimum Gasteiger partial charge on any atom is -0.378 e. The van der Waals surface area contributed by atoms with Gasteiger partial charge in [0.15, 0.2) is 11.6 Å². The van der Waals surface area contributed by atoms with Crippen molar-refractivity contribution >= 4 is 11.7 Å². The monoisotopic (exact) mass is 281 g/mol. The van der Waals surface area contributed by atoms with Crippen molar-refractivity contribution in [3.05, 3.63) is 24.1 Å². The molecule has 1 aliphatic heterocycles. The number of hydrogen-bond acceptors (Lipinski definition) is 4. The number of amides is 1. The molecule has 1 atom stereocenters. The third-order valence-electron chi connectivity index (χ3n) is 3.31. The first-order valence-corrected chi connectivity index (χ1v) is 6.83. The smallest absolute Gasteiger partial charge is 0.245 e. The van der Waals surface area contributed by atoms with Crippen LogP contribution < -0.4 is 5.32 Å². The SMILES string of the molecule is CC(C)[C@H](Nc1ncccc1F)C(=O)N1CCOCC1. The molecule has 0 saturated carbocycles. The quantitative estimate of drug-likeness (QED) is 0.909. The maximum atomic E-state index is 13.6. The van der Waals surface area contributed by atoms with E-state index in [1.807, 2.05) is 13.8 Å². The van der Waals surface area contributed by atoms with Crippen LogP contribution in [0.3, 0.4) is 0 Å². The Hall–Kier alpha value is -1.69. The molecule has 0 radical (unpaired) electrons. The van der Waals surface area contributed by atoms with E-state index in [2.05, 4.69) is 10.3 Å². The van der Waals surface area contributed by atoms with Crippen LogP contribution in [0.5, 0.6) is 0 Å². The lowest BCUT2D eigenvalue weighted by Crippen LogP contribution is -2.50. The number of carbonyl (C=O) groups is 1. The zero-order valence-electron chi connectivity index (χ0n) is 11.8. The Bertz CT molecular complexity index is 461. The number of rotatable bonds is 4. The summed E-state index contributed by atoms with van der Waals surface area (Å²) in [5.41, 5.74) is 0.